The van der Waals surface area contributed by atoms with Crippen LogP contribution in [-0.2, 0) is 11.3 Å². The zero-order valence-corrected chi connectivity index (χ0v) is 17.8. The summed E-state index contributed by atoms with van der Waals surface area (Å²) in [6, 6.07) is 5.00. The van der Waals surface area contributed by atoms with Gasteiger partial charge in [-0.2, -0.15) is 13.2 Å². The standard InChI is InChI=1S/C17H19Cl2F3N4OS/c1-10(2)7-26-15(12-5-4-11(18)6-13(12)19)23-24-16(26)28-8-14(27)25(3)9-17(20,21)22/h4-6,10H,7-9H2,1-3H3. The van der Waals surface area contributed by atoms with Crippen LogP contribution >= 0.6 is 35.0 Å². The number of benzene rings is 1. The number of thioether (sulfide) groups is 1. The van der Waals surface area contributed by atoms with Gasteiger partial charge in [-0.1, -0.05) is 48.8 Å². The Labute approximate surface area is 175 Å². The third kappa shape index (κ3) is 6.28. The number of aromatic nitrogens is 3. The second-order valence-electron chi connectivity index (χ2n) is 6.59. The van der Waals surface area contributed by atoms with Gasteiger partial charge in [0.15, 0.2) is 11.0 Å². The molecular weight excluding hydrogens is 436 g/mol. The first-order chi connectivity index (χ1) is 13.0. The molecular formula is C17H19Cl2F3N4OS. The van der Waals surface area contributed by atoms with E-state index in [2.05, 4.69) is 10.2 Å². The fourth-order valence-electron chi connectivity index (χ4n) is 2.39. The maximum Gasteiger partial charge on any atom is 0.406 e. The first-order valence-corrected chi connectivity index (χ1v) is 10.0. The van der Waals surface area contributed by atoms with Crippen LogP contribution in [0.5, 0.6) is 0 Å². The van der Waals surface area contributed by atoms with E-state index in [1.807, 2.05) is 18.4 Å². The number of carbonyl (C=O) groups excluding carboxylic acids is 1. The topological polar surface area (TPSA) is 51.0 Å². The van der Waals surface area contributed by atoms with E-state index in [-0.39, 0.29) is 11.7 Å². The third-order valence-electron chi connectivity index (χ3n) is 3.60. The zero-order chi connectivity index (χ0) is 21.1. The molecule has 0 fully saturated rings. The molecule has 1 amide bonds. The molecule has 0 bridgehead atoms. The summed E-state index contributed by atoms with van der Waals surface area (Å²) >= 11 is 13.3. The number of carbonyl (C=O) groups is 1. The Bertz CT molecular complexity index is 842. The summed E-state index contributed by atoms with van der Waals surface area (Å²) in [6.07, 6.45) is -4.44. The summed E-state index contributed by atoms with van der Waals surface area (Å²) in [5.74, 6) is -0.0813. The van der Waals surface area contributed by atoms with E-state index in [0.29, 0.717) is 38.0 Å². The van der Waals surface area contributed by atoms with E-state index < -0.39 is 18.6 Å². The van der Waals surface area contributed by atoms with Crippen LogP contribution in [0.1, 0.15) is 13.8 Å². The molecule has 0 aliphatic rings. The van der Waals surface area contributed by atoms with Crippen molar-refractivity contribution < 1.29 is 18.0 Å². The van der Waals surface area contributed by atoms with E-state index in [1.54, 1.807) is 18.2 Å². The molecule has 0 saturated heterocycles. The number of halogens is 5. The van der Waals surface area contributed by atoms with Gasteiger partial charge in [-0.3, -0.25) is 4.79 Å². The molecule has 154 valence electrons. The van der Waals surface area contributed by atoms with Crippen LogP contribution in [0, 0.1) is 5.92 Å². The average molecular weight is 455 g/mol. The maximum atomic E-state index is 12.4. The van der Waals surface area contributed by atoms with Crippen molar-refractivity contribution in [1.82, 2.24) is 19.7 Å². The minimum atomic E-state index is -4.44. The first kappa shape index (κ1) is 22.8. The van der Waals surface area contributed by atoms with Crippen LogP contribution in [0.2, 0.25) is 10.0 Å². The van der Waals surface area contributed by atoms with Gasteiger partial charge in [0.05, 0.1) is 10.8 Å². The Hall–Kier alpha value is -1.45. The molecule has 28 heavy (non-hydrogen) atoms. The normalized spacial score (nSPS) is 11.9. The lowest BCUT2D eigenvalue weighted by molar-refractivity contribution is -0.156. The Morgan fingerprint density at radius 2 is 1.96 bits per heavy atom. The van der Waals surface area contributed by atoms with Crippen molar-refractivity contribution >= 4 is 40.9 Å². The Kier molecular flexibility index (Phi) is 7.64. The molecule has 0 spiro atoms. The molecule has 0 N–H and O–H groups in total. The predicted octanol–water partition coefficient (Wildman–Crippen LogP) is 5.02. The SMILES string of the molecule is CC(C)Cn1c(SCC(=O)N(C)CC(F)(F)F)nnc1-c1ccc(Cl)cc1Cl. The van der Waals surface area contributed by atoms with Gasteiger partial charge in [0, 0.05) is 24.2 Å². The summed E-state index contributed by atoms with van der Waals surface area (Å²) in [5, 5.41) is 9.60. The van der Waals surface area contributed by atoms with E-state index in [9.17, 15) is 18.0 Å². The number of rotatable bonds is 7. The fourth-order valence-corrected chi connectivity index (χ4v) is 3.77. The Morgan fingerprint density at radius 1 is 1.29 bits per heavy atom. The zero-order valence-electron chi connectivity index (χ0n) is 15.4. The van der Waals surface area contributed by atoms with Gasteiger partial charge in [-0.15, -0.1) is 10.2 Å². The summed E-state index contributed by atoms with van der Waals surface area (Å²) < 4.78 is 39.1. The van der Waals surface area contributed by atoms with E-state index in [4.69, 9.17) is 23.2 Å². The highest BCUT2D eigenvalue weighted by atomic mass is 35.5. The van der Waals surface area contributed by atoms with Crippen molar-refractivity contribution in [2.45, 2.75) is 31.7 Å². The van der Waals surface area contributed by atoms with Gasteiger partial charge in [0.2, 0.25) is 5.91 Å². The molecule has 0 saturated carbocycles. The molecule has 2 aromatic rings. The van der Waals surface area contributed by atoms with Gasteiger partial charge in [-0.05, 0) is 24.1 Å². The first-order valence-electron chi connectivity index (χ1n) is 8.30. The minimum Gasteiger partial charge on any atom is -0.336 e. The van der Waals surface area contributed by atoms with E-state index in [0.717, 1.165) is 18.8 Å². The fraction of sp³-hybridized carbons (Fsp3) is 0.471. The van der Waals surface area contributed by atoms with Crippen molar-refractivity contribution in [2.75, 3.05) is 19.3 Å². The predicted molar refractivity (Wildman–Crippen MR) is 105 cm³/mol. The smallest absolute Gasteiger partial charge is 0.336 e. The molecule has 0 radical (unpaired) electrons. The van der Waals surface area contributed by atoms with E-state index >= 15 is 0 Å². The van der Waals surface area contributed by atoms with Crippen molar-refractivity contribution in [3.63, 3.8) is 0 Å². The lowest BCUT2D eigenvalue weighted by atomic mass is 10.2. The summed E-state index contributed by atoms with van der Waals surface area (Å²) in [6.45, 7) is 3.26. The molecule has 0 aliphatic carbocycles. The third-order valence-corrected chi connectivity index (χ3v) is 5.10. The molecule has 1 aromatic heterocycles. The summed E-state index contributed by atoms with van der Waals surface area (Å²) in [4.78, 5) is 12.7. The molecule has 0 atom stereocenters. The molecule has 0 aliphatic heterocycles. The molecule has 2 rings (SSSR count). The van der Waals surface area contributed by atoms with Gasteiger partial charge in [0.1, 0.15) is 6.54 Å². The average Bonchev–Trinajstić information content (AvgIpc) is 2.93. The summed E-state index contributed by atoms with van der Waals surface area (Å²) in [5.41, 5.74) is 0.631. The van der Waals surface area contributed by atoms with E-state index in [1.165, 1.54) is 0 Å². The molecule has 1 aromatic carbocycles. The Balaban J connectivity index is 2.23. The van der Waals surface area contributed by atoms with Crippen LogP contribution in [0.15, 0.2) is 23.4 Å². The second kappa shape index (κ2) is 9.37. The van der Waals surface area contributed by atoms with Crippen LogP contribution in [0.3, 0.4) is 0 Å². The number of alkyl halides is 3. The Morgan fingerprint density at radius 3 is 2.54 bits per heavy atom. The molecule has 1 heterocycles. The van der Waals surface area contributed by atoms with Crippen molar-refractivity contribution in [1.29, 1.82) is 0 Å². The van der Waals surface area contributed by atoms with Crippen LogP contribution in [0.25, 0.3) is 11.4 Å². The van der Waals surface area contributed by atoms with Crippen LogP contribution < -0.4 is 0 Å². The van der Waals surface area contributed by atoms with Gasteiger partial charge >= 0.3 is 6.18 Å². The molecule has 0 unspecified atom stereocenters. The lowest BCUT2D eigenvalue weighted by Gasteiger charge is -2.19. The van der Waals surface area contributed by atoms with Crippen molar-refractivity contribution in [3.8, 4) is 11.4 Å². The quantitative estimate of drug-likeness (QED) is 0.551. The lowest BCUT2D eigenvalue weighted by Crippen LogP contribution is -2.36. The minimum absolute atomic E-state index is 0.183. The van der Waals surface area contributed by atoms with Gasteiger partial charge < -0.3 is 9.47 Å². The maximum absolute atomic E-state index is 12.4. The van der Waals surface area contributed by atoms with Crippen LogP contribution in [0.4, 0.5) is 13.2 Å². The highest BCUT2D eigenvalue weighted by Gasteiger charge is 2.31. The van der Waals surface area contributed by atoms with Crippen LogP contribution in [-0.4, -0.2) is 51.1 Å². The molecule has 5 nitrogen and oxygen atoms in total. The number of hydrogen-bond acceptors (Lipinski definition) is 4. The summed E-state index contributed by atoms with van der Waals surface area (Å²) in [7, 11) is 1.12. The monoisotopic (exact) mass is 454 g/mol. The molecule has 11 heteroatoms. The van der Waals surface area contributed by atoms with Gasteiger partial charge in [0.25, 0.3) is 0 Å². The van der Waals surface area contributed by atoms with Gasteiger partial charge in [-0.25, -0.2) is 0 Å². The largest absolute Gasteiger partial charge is 0.406 e. The number of hydrogen-bond donors (Lipinski definition) is 0. The van der Waals surface area contributed by atoms with Crippen molar-refractivity contribution in [3.05, 3.63) is 28.2 Å². The highest BCUT2D eigenvalue weighted by Crippen LogP contribution is 2.32. The van der Waals surface area contributed by atoms with Crippen molar-refractivity contribution in [2.24, 2.45) is 5.92 Å². The number of nitrogens with zero attached hydrogens (tertiary/aromatic N) is 4. The highest BCUT2D eigenvalue weighted by molar-refractivity contribution is 7.99. The number of amides is 1. The second-order valence-corrected chi connectivity index (χ2v) is 8.37.